The molecule has 1 aromatic heterocycles. The van der Waals surface area contributed by atoms with E-state index in [-0.39, 0.29) is 18.0 Å². The lowest BCUT2D eigenvalue weighted by Crippen LogP contribution is -2.53. The van der Waals surface area contributed by atoms with Crippen molar-refractivity contribution in [3.05, 3.63) is 47.5 Å². The Bertz CT molecular complexity index is 849. The lowest BCUT2D eigenvalue weighted by atomic mass is 9.95. The van der Waals surface area contributed by atoms with Crippen LogP contribution in [0.4, 0.5) is 4.79 Å². The van der Waals surface area contributed by atoms with Gasteiger partial charge in [-0.15, -0.1) is 0 Å². The van der Waals surface area contributed by atoms with Gasteiger partial charge in [-0.2, -0.15) is 0 Å². The number of amides is 2. The Morgan fingerprint density at radius 1 is 1.31 bits per heavy atom. The molecule has 0 saturated carbocycles. The van der Waals surface area contributed by atoms with E-state index in [0.717, 1.165) is 29.1 Å². The van der Waals surface area contributed by atoms with Crippen molar-refractivity contribution in [1.82, 2.24) is 20.2 Å². The molecule has 29 heavy (non-hydrogen) atoms. The maximum atomic E-state index is 13.2. The summed E-state index contributed by atoms with van der Waals surface area (Å²) >= 11 is 0. The summed E-state index contributed by atoms with van der Waals surface area (Å²) in [5.41, 5.74) is 2.75. The normalized spacial score (nSPS) is 17.8. The van der Waals surface area contributed by atoms with Crippen molar-refractivity contribution in [2.75, 3.05) is 20.8 Å². The van der Waals surface area contributed by atoms with E-state index in [1.165, 1.54) is 7.11 Å². The summed E-state index contributed by atoms with van der Waals surface area (Å²) in [6.45, 7) is 4.40. The molecule has 0 spiro atoms. The van der Waals surface area contributed by atoms with Gasteiger partial charge in [-0.1, -0.05) is 32.4 Å². The first kappa shape index (κ1) is 20.7. The molecule has 3 atom stereocenters. The molecule has 0 radical (unpaired) electrons. The molecule has 8 heteroatoms. The number of urea groups is 1. The van der Waals surface area contributed by atoms with E-state index in [1.807, 2.05) is 38.1 Å². The number of H-pyrrole nitrogens is 1. The summed E-state index contributed by atoms with van der Waals surface area (Å²) in [7, 11) is 2.95. The molecule has 2 amide bonds. The zero-order valence-corrected chi connectivity index (χ0v) is 17.3. The number of carbonyl (C=O) groups is 2. The number of aromatic nitrogens is 2. The van der Waals surface area contributed by atoms with Crippen molar-refractivity contribution in [2.45, 2.75) is 38.8 Å². The molecule has 1 aliphatic rings. The summed E-state index contributed by atoms with van der Waals surface area (Å²) in [5, 5.41) is 2.88. The van der Waals surface area contributed by atoms with Crippen molar-refractivity contribution >= 4 is 12.0 Å². The second-order valence-electron chi connectivity index (χ2n) is 7.22. The average molecular weight is 400 g/mol. The van der Waals surface area contributed by atoms with Crippen LogP contribution in [0.2, 0.25) is 0 Å². The number of benzene rings is 1. The summed E-state index contributed by atoms with van der Waals surface area (Å²) in [6.07, 6.45) is 3.06. The molecule has 2 aromatic rings. The number of aromatic amines is 1. The molecule has 1 aliphatic heterocycles. The van der Waals surface area contributed by atoms with E-state index in [2.05, 4.69) is 15.3 Å². The Morgan fingerprint density at radius 2 is 2.03 bits per heavy atom. The Kier molecular flexibility index (Phi) is 6.41. The van der Waals surface area contributed by atoms with Gasteiger partial charge < -0.3 is 24.7 Å². The van der Waals surface area contributed by atoms with E-state index < -0.39 is 12.0 Å². The Morgan fingerprint density at radius 3 is 2.66 bits per heavy atom. The van der Waals surface area contributed by atoms with Crippen LogP contribution >= 0.6 is 0 Å². The largest absolute Gasteiger partial charge is 0.497 e. The summed E-state index contributed by atoms with van der Waals surface area (Å²) < 4.78 is 10.2. The van der Waals surface area contributed by atoms with Gasteiger partial charge >= 0.3 is 12.0 Å². The molecule has 0 fully saturated rings. The Balaban J connectivity index is 1.91. The summed E-state index contributed by atoms with van der Waals surface area (Å²) in [5.74, 6) is 0.257. The minimum atomic E-state index is -0.699. The van der Waals surface area contributed by atoms with Crippen LogP contribution in [0.5, 0.6) is 5.75 Å². The highest BCUT2D eigenvalue weighted by Crippen LogP contribution is 2.34. The van der Waals surface area contributed by atoms with Gasteiger partial charge in [-0.05, 0) is 23.6 Å². The zero-order valence-electron chi connectivity index (χ0n) is 17.3. The van der Waals surface area contributed by atoms with Gasteiger partial charge in [0.15, 0.2) is 0 Å². The van der Waals surface area contributed by atoms with Gasteiger partial charge in [0.05, 0.1) is 26.2 Å². The number of rotatable bonds is 6. The number of hydrogen-bond acceptors (Lipinski definition) is 5. The number of methoxy groups -OCH3 is 2. The van der Waals surface area contributed by atoms with Crippen molar-refractivity contribution < 1.29 is 19.1 Å². The lowest BCUT2D eigenvalue weighted by molar-refractivity contribution is -0.144. The fourth-order valence-corrected chi connectivity index (χ4v) is 3.63. The van der Waals surface area contributed by atoms with Crippen LogP contribution in [0.3, 0.4) is 0 Å². The fourth-order valence-electron chi connectivity index (χ4n) is 3.63. The molecule has 0 bridgehead atoms. The van der Waals surface area contributed by atoms with E-state index in [0.29, 0.717) is 13.0 Å². The number of ether oxygens (including phenoxy) is 2. The van der Waals surface area contributed by atoms with Gasteiger partial charge in [0, 0.05) is 18.7 Å². The minimum absolute atomic E-state index is 0.0448. The van der Waals surface area contributed by atoms with E-state index in [1.54, 1.807) is 18.3 Å². The van der Waals surface area contributed by atoms with Crippen LogP contribution in [-0.4, -0.2) is 53.7 Å². The van der Waals surface area contributed by atoms with Crippen molar-refractivity contribution in [3.8, 4) is 5.75 Å². The smallest absolute Gasteiger partial charge is 0.328 e. The molecule has 2 N–H and O–H groups in total. The first-order valence-corrected chi connectivity index (χ1v) is 9.81. The zero-order chi connectivity index (χ0) is 21.0. The van der Waals surface area contributed by atoms with Gasteiger partial charge in [0.1, 0.15) is 17.8 Å². The van der Waals surface area contributed by atoms with E-state index in [4.69, 9.17) is 9.47 Å². The molecule has 3 rings (SSSR count). The maximum Gasteiger partial charge on any atom is 0.328 e. The number of hydrogen-bond donors (Lipinski definition) is 2. The predicted molar refractivity (Wildman–Crippen MR) is 108 cm³/mol. The van der Waals surface area contributed by atoms with Crippen LogP contribution in [0.1, 0.15) is 43.3 Å². The van der Waals surface area contributed by atoms with Gasteiger partial charge in [-0.25, -0.2) is 14.6 Å². The quantitative estimate of drug-likeness (QED) is 0.727. The highest BCUT2D eigenvalue weighted by atomic mass is 16.5. The van der Waals surface area contributed by atoms with E-state index >= 15 is 0 Å². The molecule has 2 heterocycles. The molecule has 0 unspecified atom stereocenters. The monoisotopic (exact) mass is 400 g/mol. The first-order valence-electron chi connectivity index (χ1n) is 9.81. The Hall–Kier alpha value is -3.03. The predicted octanol–water partition coefficient (Wildman–Crippen LogP) is 2.66. The van der Waals surface area contributed by atoms with Gasteiger partial charge in [-0.3, -0.25) is 0 Å². The number of fused-ring (bicyclic) bond motifs is 1. The number of nitrogens with zero attached hydrogens (tertiary/aromatic N) is 2. The number of nitrogens with one attached hydrogen (secondary N) is 2. The SMILES string of the molecule is CC[C@@H](C)[C@H](NC(=O)N1CCc2[nH]cnc2[C@@H]1c1ccc(OC)cc1)C(=O)OC. The number of carbonyl (C=O) groups excluding carboxylic acids is 2. The minimum Gasteiger partial charge on any atom is -0.497 e. The van der Waals surface area contributed by atoms with E-state index in [9.17, 15) is 9.59 Å². The second-order valence-corrected chi connectivity index (χ2v) is 7.22. The van der Waals surface area contributed by atoms with Crippen molar-refractivity contribution in [1.29, 1.82) is 0 Å². The summed E-state index contributed by atoms with van der Waals surface area (Å²) in [6, 6.07) is 6.22. The number of esters is 1. The van der Waals surface area contributed by atoms with Crippen LogP contribution in [0, 0.1) is 5.92 Å². The second kappa shape index (κ2) is 8.98. The van der Waals surface area contributed by atoms with Crippen LogP contribution < -0.4 is 10.1 Å². The van der Waals surface area contributed by atoms with Crippen molar-refractivity contribution in [3.63, 3.8) is 0 Å². The molecule has 156 valence electrons. The van der Waals surface area contributed by atoms with Gasteiger partial charge in [0.2, 0.25) is 0 Å². The summed E-state index contributed by atoms with van der Waals surface area (Å²) in [4.78, 5) is 34.8. The van der Waals surface area contributed by atoms with Crippen LogP contribution in [-0.2, 0) is 16.0 Å². The average Bonchev–Trinajstić information content (AvgIpc) is 3.24. The molecule has 0 aliphatic carbocycles. The highest BCUT2D eigenvalue weighted by Gasteiger charge is 2.36. The molecule has 8 nitrogen and oxygen atoms in total. The third kappa shape index (κ3) is 4.21. The van der Waals surface area contributed by atoms with Crippen LogP contribution in [0.15, 0.2) is 30.6 Å². The van der Waals surface area contributed by atoms with Crippen LogP contribution in [0.25, 0.3) is 0 Å². The fraction of sp³-hybridized carbons (Fsp3) is 0.476. The van der Waals surface area contributed by atoms with Crippen molar-refractivity contribution in [2.24, 2.45) is 5.92 Å². The van der Waals surface area contributed by atoms with Gasteiger partial charge in [0.25, 0.3) is 0 Å². The topological polar surface area (TPSA) is 96.5 Å². The standard InChI is InChI=1S/C21H28N4O4/c1-5-13(2)17(20(26)29-4)24-21(27)25-11-10-16-18(23-12-22-16)19(25)14-6-8-15(28-3)9-7-14/h6-9,12-13,17,19H,5,10-11H2,1-4H3,(H,22,23)(H,24,27)/t13-,17+,19+/m1/s1. The Labute approximate surface area is 170 Å². The molecule has 1 aromatic carbocycles. The number of imidazole rings is 1. The molecular formula is C21H28N4O4. The molecule has 0 saturated heterocycles. The maximum absolute atomic E-state index is 13.2. The lowest BCUT2D eigenvalue weighted by Gasteiger charge is -2.36. The highest BCUT2D eigenvalue weighted by molar-refractivity contribution is 5.84. The first-order chi connectivity index (χ1) is 14.0. The molecular weight excluding hydrogens is 372 g/mol. The third-order valence-corrected chi connectivity index (χ3v) is 5.56. The third-order valence-electron chi connectivity index (χ3n) is 5.56.